The fraction of sp³-hybridized carbons (Fsp3) is 0.261. The van der Waals surface area contributed by atoms with Gasteiger partial charge in [-0.25, -0.2) is 0 Å². The summed E-state index contributed by atoms with van der Waals surface area (Å²) in [5.74, 6) is 1.96. The number of para-hydroxylation sites is 1. The predicted octanol–water partition coefficient (Wildman–Crippen LogP) is 4.57. The molecule has 3 aromatic rings. The van der Waals surface area contributed by atoms with Gasteiger partial charge in [0.15, 0.2) is 11.3 Å². The van der Waals surface area contributed by atoms with Crippen LogP contribution < -0.4 is 14.8 Å². The van der Waals surface area contributed by atoms with Gasteiger partial charge in [-0.2, -0.15) is 5.26 Å². The number of nitrogens with one attached hydrogen (secondary N) is 1. The summed E-state index contributed by atoms with van der Waals surface area (Å²) in [7, 11) is 7.15. The Kier molecular flexibility index (Phi) is 6.43. The molecule has 0 amide bonds. The van der Waals surface area contributed by atoms with Crippen molar-refractivity contribution in [2.75, 3.05) is 33.6 Å². The molecule has 0 spiro atoms. The van der Waals surface area contributed by atoms with Gasteiger partial charge in [-0.05, 0) is 43.9 Å². The lowest BCUT2D eigenvalue weighted by Crippen LogP contribution is -2.09. The van der Waals surface area contributed by atoms with Crippen molar-refractivity contribution in [3.63, 3.8) is 0 Å². The molecular formula is C23H25N3O3. The molecule has 3 rings (SSSR count). The highest BCUT2D eigenvalue weighted by Gasteiger charge is 2.19. The quantitative estimate of drug-likeness (QED) is 0.567. The molecule has 29 heavy (non-hydrogen) atoms. The van der Waals surface area contributed by atoms with Gasteiger partial charge in [0.2, 0.25) is 5.75 Å². The second kappa shape index (κ2) is 9.18. The lowest BCUT2D eigenvalue weighted by molar-refractivity contribution is 0.341. The number of hydrogen-bond donors (Lipinski definition) is 1. The fourth-order valence-electron chi connectivity index (χ4n) is 3.18. The monoisotopic (exact) mass is 391 g/mol. The van der Waals surface area contributed by atoms with Gasteiger partial charge >= 0.3 is 0 Å². The van der Waals surface area contributed by atoms with Crippen LogP contribution in [0.5, 0.6) is 11.5 Å². The molecule has 0 saturated heterocycles. The summed E-state index contributed by atoms with van der Waals surface area (Å²) in [5, 5.41) is 13.7. The van der Waals surface area contributed by atoms with Crippen molar-refractivity contribution in [1.29, 1.82) is 5.26 Å². The van der Waals surface area contributed by atoms with Crippen LogP contribution in [0.25, 0.3) is 11.0 Å². The Bertz CT molecular complexity index is 1050. The third kappa shape index (κ3) is 4.71. The minimum absolute atomic E-state index is 0.439. The van der Waals surface area contributed by atoms with Crippen LogP contribution in [0.15, 0.2) is 58.7 Å². The summed E-state index contributed by atoms with van der Waals surface area (Å²) in [4.78, 5) is 2.03. The second-order valence-corrected chi connectivity index (χ2v) is 6.93. The number of nitriles is 1. The third-order valence-electron chi connectivity index (χ3n) is 4.47. The summed E-state index contributed by atoms with van der Waals surface area (Å²) in [6, 6.07) is 15.9. The molecule has 0 aliphatic heterocycles. The van der Waals surface area contributed by atoms with Crippen LogP contribution in [0.1, 0.15) is 11.3 Å². The van der Waals surface area contributed by atoms with E-state index in [4.69, 9.17) is 13.9 Å². The molecule has 0 unspecified atom stereocenters. The maximum atomic E-state index is 9.64. The Morgan fingerprint density at radius 2 is 1.93 bits per heavy atom. The van der Waals surface area contributed by atoms with Crippen LogP contribution in [0, 0.1) is 11.3 Å². The maximum Gasteiger partial charge on any atom is 0.204 e. The summed E-state index contributed by atoms with van der Waals surface area (Å²) in [6.07, 6.45) is 2.17. The van der Waals surface area contributed by atoms with E-state index in [1.165, 1.54) is 0 Å². The number of rotatable bonds is 8. The number of fused-ring (bicyclic) bond motifs is 1. The number of ether oxygens (including phenoxy) is 2. The lowest BCUT2D eigenvalue weighted by Gasteiger charge is -2.11. The number of benzene rings is 2. The second-order valence-electron chi connectivity index (χ2n) is 6.93. The van der Waals surface area contributed by atoms with E-state index in [-0.39, 0.29) is 0 Å². The molecule has 0 aliphatic rings. The van der Waals surface area contributed by atoms with Crippen molar-refractivity contribution in [2.45, 2.75) is 13.0 Å². The van der Waals surface area contributed by atoms with E-state index in [9.17, 15) is 5.26 Å². The molecule has 0 aliphatic carbocycles. The molecule has 150 valence electrons. The highest BCUT2D eigenvalue weighted by Crippen LogP contribution is 2.40. The Hall–Kier alpha value is -3.43. The molecule has 2 aromatic carbocycles. The van der Waals surface area contributed by atoms with Gasteiger partial charge in [0.1, 0.15) is 5.76 Å². The van der Waals surface area contributed by atoms with E-state index >= 15 is 0 Å². The van der Waals surface area contributed by atoms with Gasteiger partial charge in [0.25, 0.3) is 0 Å². The molecule has 0 atom stereocenters. The predicted molar refractivity (Wildman–Crippen MR) is 114 cm³/mol. The van der Waals surface area contributed by atoms with Crippen molar-refractivity contribution in [1.82, 2.24) is 4.90 Å². The molecule has 0 radical (unpaired) electrons. The van der Waals surface area contributed by atoms with Crippen molar-refractivity contribution in [3.8, 4) is 17.6 Å². The highest BCUT2D eigenvalue weighted by molar-refractivity contribution is 5.90. The molecule has 6 nitrogen and oxygen atoms in total. The summed E-state index contributed by atoms with van der Waals surface area (Å²) in [5.41, 5.74) is 3.09. The zero-order chi connectivity index (χ0) is 20.8. The van der Waals surface area contributed by atoms with E-state index in [0.717, 1.165) is 22.4 Å². The Morgan fingerprint density at radius 3 is 2.55 bits per heavy atom. The van der Waals surface area contributed by atoms with Gasteiger partial charge in [-0.1, -0.05) is 18.2 Å². The zero-order valence-electron chi connectivity index (χ0n) is 17.2. The van der Waals surface area contributed by atoms with Crippen LogP contribution in [-0.4, -0.2) is 33.2 Å². The molecular weight excluding hydrogens is 366 g/mol. The summed E-state index contributed by atoms with van der Waals surface area (Å²) in [6.45, 7) is 0.663. The summed E-state index contributed by atoms with van der Waals surface area (Å²) >= 11 is 0. The first kappa shape index (κ1) is 20.3. The first-order valence-corrected chi connectivity index (χ1v) is 9.27. The van der Waals surface area contributed by atoms with Crippen molar-refractivity contribution in [2.24, 2.45) is 0 Å². The number of anilines is 1. The third-order valence-corrected chi connectivity index (χ3v) is 4.47. The van der Waals surface area contributed by atoms with Crippen LogP contribution >= 0.6 is 0 Å². The van der Waals surface area contributed by atoms with E-state index in [0.29, 0.717) is 35.6 Å². The number of nitrogens with zero attached hydrogens (tertiary/aromatic N) is 2. The van der Waals surface area contributed by atoms with Crippen molar-refractivity contribution in [3.05, 3.63) is 65.6 Å². The van der Waals surface area contributed by atoms with Gasteiger partial charge < -0.3 is 24.1 Å². The topological polar surface area (TPSA) is 70.7 Å². The minimum atomic E-state index is 0.439. The first-order valence-electron chi connectivity index (χ1n) is 9.27. The molecule has 0 saturated carbocycles. The average Bonchev–Trinajstić information content (AvgIpc) is 3.14. The Balaban J connectivity index is 2.00. The number of methoxy groups -OCH3 is 2. The zero-order valence-corrected chi connectivity index (χ0v) is 17.2. The Morgan fingerprint density at radius 1 is 1.17 bits per heavy atom. The largest absolute Gasteiger partial charge is 0.493 e. The Labute approximate surface area is 170 Å². The molecule has 0 bridgehead atoms. The normalized spacial score (nSPS) is 11.5. The molecule has 1 N–H and O–H groups in total. The first-order chi connectivity index (χ1) is 14.0. The summed E-state index contributed by atoms with van der Waals surface area (Å²) < 4.78 is 17.1. The van der Waals surface area contributed by atoms with Gasteiger partial charge in [-0.3, -0.25) is 0 Å². The van der Waals surface area contributed by atoms with Crippen molar-refractivity contribution >= 4 is 16.7 Å². The van der Waals surface area contributed by atoms with E-state index in [1.54, 1.807) is 20.4 Å². The standard InChI is InChI=1S/C23H25N3O3/c1-26(2)15-19-12-20-17(11-21(27-3)23(28-4)22(20)29-19)10-16(13-24)14-25-18-8-6-5-7-9-18/h5-9,11-12,14,25H,10,15H2,1-4H3/b16-14-. The van der Waals surface area contributed by atoms with E-state index in [1.807, 2.05) is 61.5 Å². The average molecular weight is 391 g/mol. The van der Waals surface area contributed by atoms with Crippen LogP contribution in [0.3, 0.4) is 0 Å². The lowest BCUT2D eigenvalue weighted by atomic mass is 10.0. The fourth-order valence-corrected chi connectivity index (χ4v) is 3.18. The van der Waals surface area contributed by atoms with Crippen LogP contribution in [-0.2, 0) is 13.0 Å². The van der Waals surface area contributed by atoms with Gasteiger partial charge in [-0.15, -0.1) is 0 Å². The number of hydrogen-bond acceptors (Lipinski definition) is 6. The van der Waals surface area contributed by atoms with Crippen molar-refractivity contribution < 1.29 is 13.9 Å². The van der Waals surface area contributed by atoms with E-state index in [2.05, 4.69) is 11.4 Å². The molecule has 1 heterocycles. The molecule has 6 heteroatoms. The van der Waals surface area contributed by atoms with Crippen LogP contribution in [0.2, 0.25) is 0 Å². The smallest absolute Gasteiger partial charge is 0.204 e. The molecule has 1 aromatic heterocycles. The molecule has 0 fully saturated rings. The number of furan rings is 1. The SMILES string of the molecule is COc1cc(C/C(C#N)=C/Nc2ccccc2)c2cc(CN(C)C)oc2c1OC. The van der Waals surface area contributed by atoms with Crippen LogP contribution in [0.4, 0.5) is 5.69 Å². The van der Waals surface area contributed by atoms with Gasteiger partial charge in [0, 0.05) is 29.3 Å². The maximum absolute atomic E-state index is 9.64. The van der Waals surface area contributed by atoms with Gasteiger partial charge in [0.05, 0.1) is 26.8 Å². The number of allylic oxidation sites excluding steroid dienone is 1. The van der Waals surface area contributed by atoms with E-state index < -0.39 is 0 Å². The highest BCUT2D eigenvalue weighted by atomic mass is 16.5. The minimum Gasteiger partial charge on any atom is -0.493 e.